The van der Waals surface area contributed by atoms with Gasteiger partial charge in [-0.1, -0.05) is 70.5 Å². The minimum Gasteiger partial charge on any atom is -0.464 e. The molecule has 0 unspecified atom stereocenters. The molecule has 4 nitrogen and oxygen atoms in total. The van der Waals surface area contributed by atoms with E-state index in [9.17, 15) is 9.59 Å². The quantitative estimate of drug-likeness (QED) is 0.515. The molecule has 3 aromatic rings. The third-order valence-electron chi connectivity index (χ3n) is 5.67. The Bertz CT molecular complexity index is 1090. The van der Waals surface area contributed by atoms with E-state index in [1.54, 1.807) is 13.0 Å². The predicted molar refractivity (Wildman–Crippen MR) is 124 cm³/mol. The molecule has 0 radical (unpaired) electrons. The van der Waals surface area contributed by atoms with Gasteiger partial charge < -0.3 is 10.1 Å². The Kier molecular flexibility index (Phi) is 6.23. The first-order valence-corrected chi connectivity index (χ1v) is 11.2. The molecule has 0 saturated heterocycles. The molecule has 0 aromatic heterocycles. The van der Waals surface area contributed by atoms with Gasteiger partial charge in [0.05, 0.1) is 6.61 Å². The fourth-order valence-corrected chi connectivity index (χ4v) is 4.61. The molecule has 0 aliphatic heterocycles. The maximum atomic E-state index is 13.5. The van der Waals surface area contributed by atoms with Crippen molar-refractivity contribution in [3.05, 3.63) is 105 Å². The molecular formula is C26H24BrNO3. The van der Waals surface area contributed by atoms with Crippen molar-refractivity contribution in [1.82, 2.24) is 5.32 Å². The summed E-state index contributed by atoms with van der Waals surface area (Å²) in [7, 11) is 0. The van der Waals surface area contributed by atoms with Gasteiger partial charge in [-0.2, -0.15) is 0 Å². The van der Waals surface area contributed by atoms with Gasteiger partial charge in [-0.05, 0) is 53.8 Å². The maximum Gasteiger partial charge on any atom is 0.332 e. The first-order valence-electron chi connectivity index (χ1n) is 10.4. The molecule has 0 fully saturated rings. The fourth-order valence-electron chi connectivity index (χ4n) is 4.20. The van der Waals surface area contributed by atoms with Crippen LogP contribution < -0.4 is 5.32 Å². The van der Waals surface area contributed by atoms with Gasteiger partial charge in [0.1, 0.15) is 5.54 Å². The number of ether oxygens (including phenoxy) is 1. The Balaban J connectivity index is 1.65. The Hall–Kier alpha value is -2.92. The second kappa shape index (κ2) is 9.06. The lowest BCUT2D eigenvalue weighted by Gasteiger charge is -2.28. The molecule has 1 aliphatic rings. The van der Waals surface area contributed by atoms with Gasteiger partial charge in [0.25, 0.3) is 5.91 Å². The van der Waals surface area contributed by atoms with Crippen molar-refractivity contribution in [3.63, 3.8) is 0 Å². The van der Waals surface area contributed by atoms with Crippen LogP contribution in [0, 0.1) is 0 Å². The Morgan fingerprint density at radius 3 is 2.26 bits per heavy atom. The van der Waals surface area contributed by atoms with E-state index in [2.05, 4.69) is 21.2 Å². The molecule has 31 heavy (non-hydrogen) atoms. The van der Waals surface area contributed by atoms with Crippen LogP contribution in [-0.4, -0.2) is 24.0 Å². The summed E-state index contributed by atoms with van der Waals surface area (Å²) in [6, 6.07) is 23.5. The summed E-state index contributed by atoms with van der Waals surface area (Å²) in [5, 5.41) is 3.06. The van der Waals surface area contributed by atoms with E-state index in [4.69, 9.17) is 4.74 Å². The summed E-state index contributed by atoms with van der Waals surface area (Å²) in [6.07, 6.45) is 1.48. The van der Waals surface area contributed by atoms with E-state index in [1.807, 2.05) is 66.7 Å². The number of rotatable bonds is 6. The zero-order valence-electron chi connectivity index (χ0n) is 17.4. The molecule has 158 valence electrons. The molecule has 0 spiro atoms. The van der Waals surface area contributed by atoms with Gasteiger partial charge in [-0.3, -0.25) is 4.79 Å². The van der Waals surface area contributed by atoms with E-state index < -0.39 is 5.54 Å². The van der Waals surface area contributed by atoms with Crippen molar-refractivity contribution in [2.24, 2.45) is 0 Å². The summed E-state index contributed by atoms with van der Waals surface area (Å²) in [5.74, 6) is -0.652. The van der Waals surface area contributed by atoms with Crippen LogP contribution in [0.1, 0.15) is 39.5 Å². The average Bonchev–Trinajstić information content (AvgIpc) is 3.14. The molecule has 3 aromatic carbocycles. The van der Waals surface area contributed by atoms with Crippen LogP contribution in [-0.2, 0) is 28.8 Å². The van der Waals surface area contributed by atoms with Gasteiger partial charge in [0, 0.05) is 22.9 Å². The minimum absolute atomic E-state index is 0.265. The second-order valence-corrected chi connectivity index (χ2v) is 8.76. The van der Waals surface area contributed by atoms with E-state index in [1.165, 1.54) is 0 Å². The molecule has 1 N–H and O–H groups in total. The lowest BCUT2D eigenvalue weighted by Crippen LogP contribution is -2.56. The topological polar surface area (TPSA) is 55.4 Å². The van der Waals surface area contributed by atoms with Gasteiger partial charge in [0.15, 0.2) is 0 Å². The number of fused-ring (bicyclic) bond motifs is 1. The molecule has 1 aliphatic carbocycles. The van der Waals surface area contributed by atoms with Crippen LogP contribution in [0.15, 0.2) is 77.3 Å². The maximum absolute atomic E-state index is 13.5. The number of benzene rings is 3. The Morgan fingerprint density at radius 2 is 1.61 bits per heavy atom. The van der Waals surface area contributed by atoms with Crippen molar-refractivity contribution in [1.29, 1.82) is 0 Å². The highest BCUT2D eigenvalue weighted by Gasteiger charge is 2.46. The normalized spacial score (nSPS) is 14.0. The Labute approximate surface area is 190 Å². The van der Waals surface area contributed by atoms with Crippen molar-refractivity contribution in [2.75, 3.05) is 6.61 Å². The SMILES string of the molecule is CCOC(=O)C1(NC(=O)c2ccc(Br)cc2Cc2ccccc2)Cc2ccccc2C1. The van der Waals surface area contributed by atoms with E-state index in [0.29, 0.717) is 24.8 Å². The summed E-state index contributed by atoms with van der Waals surface area (Å²) >= 11 is 3.51. The van der Waals surface area contributed by atoms with Crippen LogP contribution in [0.2, 0.25) is 0 Å². The van der Waals surface area contributed by atoms with Crippen molar-refractivity contribution in [3.8, 4) is 0 Å². The summed E-state index contributed by atoms with van der Waals surface area (Å²) in [5.41, 5.74) is 3.61. The number of amides is 1. The van der Waals surface area contributed by atoms with Crippen LogP contribution in [0.5, 0.6) is 0 Å². The minimum atomic E-state index is -1.09. The zero-order chi connectivity index (χ0) is 21.8. The van der Waals surface area contributed by atoms with Crippen molar-refractivity contribution in [2.45, 2.75) is 31.7 Å². The molecule has 0 heterocycles. The standard InChI is InChI=1S/C26H24BrNO3/c1-2-31-25(30)26(16-19-10-6-7-11-20(19)17-26)28-24(29)23-13-12-22(27)15-21(23)14-18-8-4-3-5-9-18/h3-13,15H,2,14,16-17H2,1H3,(H,28,29). The fraction of sp³-hybridized carbons (Fsp3) is 0.231. The van der Waals surface area contributed by atoms with Gasteiger partial charge in [-0.15, -0.1) is 0 Å². The van der Waals surface area contributed by atoms with Crippen molar-refractivity contribution >= 4 is 27.8 Å². The molecular weight excluding hydrogens is 454 g/mol. The van der Waals surface area contributed by atoms with E-state index >= 15 is 0 Å². The van der Waals surface area contributed by atoms with Crippen LogP contribution in [0.25, 0.3) is 0 Å². The van der Waals surface area contributed by atoms with Crippen LogP contribution >= 0.6 is 15.9 Å². The number of carbonyl (C=O) groups excluding carboxylic acids is 2. The number of nitrogens with one attached hydrogen (secondary N) is 1. The molecule has 0 bridgehead atoms. The summed E-state index contributed by atoms with van der Waals surface area (Å²) in [6.45, 7) is 2.05. The highest BCUT2D eigenvalue weighted by atomic mass is 79.9. The van der Waals surface area contributed by atoms with Gasteiger partial charge in [0.2, 0.25) is 0 Å². The number of hydrogen-bond acceptors (Lipinski definition) is 3. The van der Waals surface area contributed by atoms with Crippen molar-refractivity contribution < 1.29 is 14.3 Å². The van der Waals surface area contributed by atoms with E-state index in [-0.39, 0.29) is 18.5 Å². The molecule has 0 saturated carbocycles. The number of halogens is 1. The molecule has 0 atom stereocenters. The lowest BCUT2D eigenvalue weighted by molar-refractivity contribution is -0.150. The number of carbonyl (C=O) groups is 2. The smallest absolute Gasteiger partial charge is 0.332 e. The van der Waals surface area contributed by atoms with Crippen LogP contribution in [0.4, 0.5) is 0 Å². The van der Waals surface area contributed by atoms with Gasteiger partial charge in [-0.25, -0.2) is 4.79 Å². The largest absolute Gasteiger partial charge is 0.464 e. The lowest BCUT2D eigenvalue weighted by atomic mass is 9.93. The summed E-state index contributed by atoms with van der Waals surface area (Å²) in [4.78, 5) is 26.4. The molecule has 4 rings (SSSR count). The van der Waals surface area contributed by atoms with Gasteiger partial charge >= 0.3 is 5.97 Å². The Morgan fingerprint density at radius 1 is 0.968 bits per heavy atom. The monoisotopic (exact) mass is 477 g/mol. The number of esters is 1. The number of hydrogen-bond donors (Lipinski definition) is 1. The predicted octanol–water partition coefficient (Wildman–Crippen LogP) is 4.87. The average molecular weight is 478 g/mol. The van der Waals surface area contributed by atoms with E-state index in [0.717, 1.165) is 26.7 Å². The van der Waals surface area contributed by atoms with Crippen LogP contribution in [0.3, 0.4) is 0 Å². The highest BCUT2D eigenvalue weighted by Crippen LogP contribution is 2.32. The first-order chi connectivity index (χ1) is 15.0. The molecule has 1 amide bonds. The zero-order valence-corrected chi connectivity index (χ0v) is 18.9. The third-order valence-corrected chi connectivity index (χ3v) is 6.16. The second-order valence-electron chi connectivity index (χ2n) is 7.84. The highest BCUT2D eigenvalue weighted by molar-refractivity contribution is 9.10. The molecule has 5 heteroatoms. The summed E-state index contributed by atoms with van der Waals surface area (Å²) < 4.78 is 6.29. The third kappa shape index (κ3) is 4.57. The first kappa shape index (κ1) is 21.3.